The number of anilines is 1. The highest BCUT2D eigenvalue weighted by molar-refractivity contribution is 9.10. The van der Waals surface area contributed by atoms with Crippen LogP contribution in [0.25, 0.3) is 11.4 Å². The van der Waals surface area contributed by atoms with Gasteiger partial charge < -0.3 is 11.2 Å². The van der Waals surface area contributed by atoms with Gasteiger partial charge in [0.1, 0.15) is 0 Å². The van der Waals surface area contributed by atoms with Gasteiger partial charge in [-0.25, -0.2) is 4.68 Å². The molecule has 0 unspecified atom stereocenters. The van der Waals surface area contributed by atoms with Crippen molar-refractivity contribution >= 4 is 50.9 Å². The van der Waals surface area contributed by atoms with Crippen LogP contribution in [0.1, 0.15) is 0 Å². The zero-order valence-corrected chi connectivity index (χ0v) is 16.0. The number of carbonyl (C=O) groups excluding carboxylic acids is 1. The first-order valence-electron chi connectivity index (χ1n) is 7.18. The molecule has 0 radical (unpaired) electrons. The van der Waals surface area contributed by atoms with E-state index in [0.717, 1.165) is 10.2 Å². The van der Waals surface area contributed by atoms with Crippen LogP contribution in [0.15, 0.2) is 58.2 Å². The molecule has 0 spiro atoms. The number of nitrogen functional groups attached to an aromatic ring is 1. The second kappa shape index (κ2) is 7.90. The lowest BCUT2D eigenvalue weighted by atomic mass is 10.2. The minimum atomic E-state index is -0.158. The SMILES string of the molecule is Nn1c(SCC(=O)Nc2ccc(Br)cc2)nnc1-c1ccccc1Cl. The Bertz CT molecular complexity index is 900. The molecule has 9 heteroatoms. The highest BCUT2D eigenvalue weighted by Crippen LogP contribution is 2.27. The average molecular weight is 439 g/mol. The van der Waals surface area contributed by atoms with Crippen molar-refractivity contribution in [3.63, 3.8) is 0 Å². The van der Waals surface area contributed by atoms with Gasteiger partial charge in [0.2, 0.25) is 11.1 Å². The van der Waals surface area contributed by atoms with Crippen LogP contribution < -0.4 is 11.2 Å². The van der Waals surface area contributed by atoms with E-state index in [9.17, 15) is 4.79 Å². The maximum Gasteiger partial charge on any atom is 0.234 e. The lowest BCUT2D eigenvalue weighted by molar-refractivity contribution is -0.113. The summed E-state index contributed by atoms with van der Waals surface area (Å²) in [4.78, 5) is 12.0. The number of amides is 1. The fourth-order valence-corrected chi connectivity index (χ4v) is 3.20. The topological polar surface area (TPSA) is 85.8 Å². The third-order valence-electron chi connectivity index (χ3n) is 3.24. The molecule has 1 heterocycles. The summed E-state index contributed by atoms with van der Waals surface area (Å²) in [5, 5.41) is 11.9. The Balaban J connectivity index is 1.65. The third-order valence-corrected chi connectivity index (χ3v) is 5.04. The van der Waals surface area contributed by atoms with Gasteiger partial charge in [-0.3, -0.25) is 4.79 Å². The Morgan fingerprint density at radius 3 is 2.64 bits per heavy atom. The summed E-state index contributed by atoms with van der Waals surface area (Å²) in [6.07, 6.45) is 0. The molecule has 2 aromatic carbocycles. The molecule has 0 atom stereocenters. The number of halogens is 2. The summed E-state index contributed by atoms with van der Waals surface area (Å²) in [6.45, 7) is 0. The fourth-order valence-electron chi connectivity index (χ4n) is 2.06. The molecule has 0 aliphatic heterocycles. The van der Waals surface area contributed by atoms with E-state index < -0.39 is 0 Å². The standard InChI is InChI=1S/C16H13BrClN5OS/c17-10-5-7-11(8-6-10)20-14(24)9-25-16-22-21-15(23(16)19)12-3-1-2-4-13(12)18/h1-8H,9,19H2,(H,20,24). The van der Waals surface area contributed by atoms with Crippen LogP contribution in [-0.4, -0.2) is 26.5 Å². The number of benzene rings is 2. The molecule has 0 aliphatic carbocycles. The van der Waals surface area contributed by atoms with E-state index in [1.807, 2.05) is 42.5 Å². The molecular weight excluding hydrogens is 426 g/mol. The van der Waals surface area contributed by atoms with Crippen molar-refractivity contribution in [1.29, 1.82) is 0 Å². The predicted octanol–water partition coefficient (Wildman–Crippen LogP) is 3.81. The summed E-state index contributed by atoms with van der Waals surface area (Å²) in [5.74, 6) is 6.48. The molecule has 1 amide bonds. The molecule has 0 saturated heterocycles. The third kappa shape index (κ3) is 4.33. The van der Waals surface area contributed by atoms with Gasteiger partial charge in [0.05, 0.1) is 10.8 Å². The Morgan fingerprint density at radius 1 is 1.20 bits per heavy atom. The average Bonchev–Trinajstić information content (AvgIpc) is 2.96. The molecule has 6 nitrogen and oxygen atoms in total. The molecule has 0 bridgehead atoms. The highest BCUT2D eigenvalue weighted by Gasteiger charge is 2.15. The van der Waals surface area contributed by atoms with Crippen LogP contribution >= 0.6 is 39.3 Å². The minimum absolute atomic E-state index is 0.158. The molecule has 3 aromatic rings. The number of hydrogen-bond donors (Lipinski definition) is 2. The quantitative estimate of drug-likeness (QED) is 0.467. The maximum atomic E-state index is 12.0. The lowest BCUT2D eigenvalue weighted by Crippen LogP contribution is -2.16. The van der Waals surface area contributed by atoms with Gasteiger partial charge in [-0.1, -0.05) is 51.4 Å². The Kier molecular flexibility index (Phi) is 5.62. The monoisotopic (exact) mass is 437 g/mol. The fraction of sp³-hybridized carbons (Fsp3) is 0.0625. The largest absolute Gasteiger partial charge is 0.335 e. The summed E-state index contributed by atoms with van der Waals surface area (Å²) in [5.41, 5.74) is 1.41. The second-order valence-electron chi connectivity index (χ2n) is 5.00. The van der Waals surface area contributed by atoms with Gasteiger partial charge in [-0.2, -0.15) is 0 Å². The number of nitrogens with one attached hydrogen (secondary N) is 1. The molecule has 0 saturated carbocycles. The highest BCUT2D eigenvalue weighted by atomic mass is 79.9. The zero-order valence-electron chi connectivity index (χ0n) is 12.8. The summed E-state index contributed by atoms with van der Waals surface area (Å²) in [6, 6.07) is 14.6. The van der Waals surface area contributed by atoms with Crippen LogP contribution in [0.2, 0.25) is 5.02 Å². The number of thioether (sulfide) groups is 1. The number of rotatable bonds is 5. The molecule has 128 valence electrons. The molecule has 1 aromatic heterocycles. The Hall–Kier alpha value is -2.03. The normalized spacial score (nSPS) is 10.6. The second-order valence-corrected chi connectivity index (χ2v) is 7.27. The molecule has 0 fully saturated rings. The van der Waals surface area contributed by atoms with Gasteiger partial charge >= 0.3 is 0 Å². The van der Waals surface area contributed by atoms with E-state index in [2.05, 4.69) is 31.4 Å². The van der Waals surface area contributed by atoms with Crippen molar-refractivity contribution in [2.24, 2.45) is 0 Å². The number of hydrogen-bond acceptors (Lipinski definition) is 5. The first-order chi connectivity index (χ1) is 12.0. The van der Waals surface area contributed by atoms with E-state index >= 15 is 0 Å². The first-order valence-corrected chi connectivity index (χ1v) is 9.34. The van der Waals surface area contributed by atoms with Crippen molar-refractivity contribution < 1.29 is 4.79 Å². The van der Waals surface area contributed by atoms with E-state index in [1.54, 1.807) is 6.07 Å². The molecule has 3 rings (SSSR count). The van der Waals surface area contributed by atoms with Gasteiger partial charge in [0.25, 0.3) is 0 Å². The minimum Gasteiger partial charge on any atom is -0.335 e. The molecule has 0 aliphatic rings. The van der Waals surface area contributed by atoms with E-state index in [1.165, 1.54) is 16.4 Å². The summed E-state index contributed by atoms with van der Waals surface area (Å²) in [7, 11) is 0. The van der Waals surface area contributed by atoms with Crippen LogP contribution in [0.5, 0.6) is 0 Å². The first kappa shape index (κ1) is 17.8. The van der Waals surface area contributed by atoms with E-state index in [0.29, 0.717) is 21.6 Å². The number of nitrogens with two attached hydrogens (primary N) is 1. The Labute approximate surface area is 161 Å². The Morgan fingerprint density at radius 2 is 1.92 bits per heavy atom. The van der Waals surface area contributed by atoms with Crippen LogP contribution in [0.3, 0.4) is 0 Å². The lowest BCUT2D eigenvalue weighted by Gasteiger charge is -2.06. The van der Waals surface area contributed by atoms with Crippen LogP contribution in [0.4, 0.5) is 5.69 Å². The molecule has 3 N–H and O–H groups in total. The maximum absolute atomic E-state index is 12.0. The van der Waals surface area contributed by atoms with Gasteiger partial charge in [0.15, 0.2) is 5.82 Å². The van der Waals surface area contributed by atoms with Crippen molar-refractivity contribution in [2.45, 2.75) is 5.16 Å². The summed E-state index contributed by atoms with van der Waals surface area (Å²) >= 11 is 10.7. The summed E-state index contributed by atoms with van der Waals surface area (Å²) < 4.78 is 2.28. The van der Waals surface area contributed by atoms with Gasteiger partial charge in [-0.05, 0) is 36.4 Å². The smallest absolute Gasteiger partial charge is 0.234 e. The predicted molar refractivity (Wildman–Crippen MR) is 104 cm³/mol. The number of aromatic nitrogens is 3. The number of carbonyl (C=O) groups is 1. The van der Waals surface area contributed by atoms with Crippen molar-refractivity contribution in [2.75, 3.05) is 16.9 Å². The van der Waals surface area contributed by atoms with Gasteiger partial charge in [0, 0.05) is 15.7 Å². The van der Waals surface area contributed by atoms with Crippen LogP contribution in [0, 0.1) is 0 Å². The van der Waals surface area contributed by atoms with E-state index in [-0.39, 0.29) is 11.7 Å². The van der Waals surface area contributed by atoms with Crippen molar-refractivity contribution in [3.8, 4) is 11.4 Å². The molecule has 25 heavy (non-hydrogen) atoms. The van der Waals surface area contributed by atoms with Crippen molar-refractivity contribution in [1.82, 2.24) is 14.9 Å². The van der Waals surface area contributed by atoms with Crippen molar-refractivity contribution in [3.05, 3.63) is 58.0 Å². The molecular formula is C16H13BrClN5OS. The van der Waals surface area contributed by atoms with Crippen LogP contribution in [-0.2, 0) is 4.79 Å². The van der Waals surface area contributed by atoms with Gasteiger partial charge in [-0.15, -0.1) is 10.2 Å². The number of nitrogens with zero attached hydrogens (tertiary/aromatic N) is 3. The zero-order chi connectivity index (χ0) is 17.8. The van der Waals surface area contributed by atoms with E-state index in [4.69, 9.17) is 17.4 Å².